The molecule has 0 aromatic carbocycles. The van der Waals surface area contributed by atoms with Gasteiger partial charge in [0.1, 0.15) is 11.9 Å². The Bertz CT molecular complexity index is 747. The van der Waals surface area contributed by atoms with E-state index in [9.17, 15) is 14.4 Å². The highest BCUT2D eigenvalue weighted by Gasteiger charge is 2.13. The highest BCUT2D eigenvalue weighted by Crippen LogP contribution is 2.03. The van der Waals surface area contributed by atoms with Gasteiger partial charge in [-0.25, -0.2) is 19.6 Å². The monoisotopic (exact) mass is 262 g/mol. The summed E-state index contributed by atoms with van der Waals surface area (Å²) in [6.45, 7) is -0.212. The van der Waals surface area contributed by atoms with E-state index in [1.165, 1.54) is 30.2 Å². The summed E-state index contributed by atoms with van der Waals surface area (Å²) < 4.78 is 2.14. The fraction of sp³-hybridized carbons (Fsp3) is 0.182. The molecule has 0 saturated carbocycles. The predicted octanol–water partition coefficient (Wildman–Crippen LogP) is -0.916. The number of carbonyl (C=O) groups is 1. The van der Waals surface area contributed by atoms with Crippen LogP contribution in [0.1, 0.15) is 16.1 Å². The van der Waals surface area contributed by atoms with E-state index in [0.29, 0.717) is 0 Å². The molecule has 2 rings (SSSR count). The number of carboxylic acids is 1. The Balaban J connectivity index is 2.54. The van der Waals surface area contributed by atoms with Gasteiger partial charge in [-0.3, -0.25) is 9.36 Å². The van der Waals surface area contributed by atoms with Gasteiger partial charge in [-0.15, -0.1) is 0 Å². The van der Waals surface area contributed by atoms with Crippen molar-refractivity contribution in [2.75, 3.05) is 0 Å². The molecule has 0 unspecified atom stereocenters. The van der Waals surface area contributed by atoms with E-state index in [1.54, 1.807) is 0 Å². The molecule has 0 saturated heterocycles. The Morgan fingerprint density at radius 3 is 2.84 bits per heavy atom. The Hall–Kier alpha value is -2.77. The standard InChI is InChI=1S/C11H10N4O4/c1-14-3-2-9(16)15(11(14)19)5-8-7(10(17)18)4-12-6-13-8/h2-4,6H,5H2,1H3,(H,17,18). The van der Waals surface area contributed by atoms with Gasteiger partial charge in [-0.05, 0) is 0 Å². The van der Waals surface area contributed by atoms with Crippen molar-refractivity contribution < 1.29 is 9.90 Å². The van der Waals surface area contributed by atoms with Crippen LogP contribution < -0.4 is 11.2 Å². The summed E-state index contributed by atoms with van der Waals surface area (Å²) >= 11 is 0. The third-order valence-electron chi connectivity index (χ3n) is 2.57. The molecule has 0 aliphatic rings. The average Bonchev–Trinajstić information content (AvgIpc) is 2.39. The van der Waals surface area contributed by atoms with Crippen molar-refractivity contribution >= 4 is 5.97 Å². The largest absolute Gasteiger partial charge is 0.478 e. The first-order chi connectivity index (χ1) is 9.00. The summed E-state index contributed by atoms with van der Waals surface area (Å²) in [5.74, 6) is -1.21. The van der Waals surface area contributed by atoms with Crippen molar-refractivity contribution in [3.8, 4) is 0 Å². The Labute approximate surface area is 106 Å². The molecule has 19 heavy (non-hydrogen) atoms. The van der Waals surface area contributed by atoms with Crippen molar-refractivity contribution in [1.29, 1.82) is 0 Å². The lowest BCUT2D eigenvalue weighted by Gasteiger charge is -2.07. The zero-order chi connectivity index (χ0) is 14.0. The van der Waals surface area contributed by atoms with E-state index in [0.717, 1.165) is 10.8 Å². The van der Waals surface area contributed by atoms with Gasteiger partial charge in [0.15, 0.2) is 0 Å². The van der Waals surface area contributed by atoms with Gasteiger partial charge >= 0.3 is 11.7 Å². The van der Waals surface area contributed by atoms with E-state index >= 15 is 0 Å². The van der Waals surface area contributed by atoms with Gasteiger partial charge in [-0.2, -0.15) is 0 Å². The second-order valence-corrected chi connectivity index (χ2v) is 3.82. The molecule has 2 aromatic rings. The molecule has 0 spiro atoms. The number of aryl methyl sites for hydroxylation is 1. The minimum absolute atomic E-state index is 0.105. The zero-order valence-corrected chi connectivity index (χ0v) is 9.98. The van der Waals surface area contributed by atoms with E-state index in [-0.39, 0.29) is 17.8 Å². The minimum Gasteiger partial charge on any atom is -0.478 e. The maximum atomic E-state index is 11.8. The van der Waals surface area contributed by atoms with Crippen LogP contribution >= 0.6 is 0 Å². The van der Waals surface area contributed by atoms with E-state index in [2.05, 4.69) is 9.97 Å². The lowest BCUT2D eigenvalue weighted by molar-refractivity contribution is 0.0694. The molecule has 0 bridgehead atoms. The number of hydrogen-bond acceptors (Lipinski definition) is 5. The molecule has 0 radical (unpaired) electrons. The Kier molecular flexibility index (Phi) is 3.23. The van der Waals surface area contributed by atoms with Gasteiger partial charge < -0.3 is 9.67 Å². The molecular weight excluding hydrogens is 252 g/mol. The first kappa shape index (κ1) is 12.7. The summed E-state index contributed by atoms with van der Waals surface area (Å²) in [6, 6.07) is 1.23. The molecule has 2 aromatic heterocycles. The van der Waals surface area contributed by atoms with Crippen LogP contribution in [0.4, 0.5) is 0 Å². The van der Waals surface area contributed by atoms with E-state index in [1.807, 2.05) is 0 Å². The summed E-state index contributed by atoms with van der Waals surface area (Å²) in [5.41, 5.74) is -1.09. The molecule has 8 nitrogen and oxygen atoms in total. The number of aromatic nitrogens is 4. The van der Waals surface area contributed by atoms with Crippen LogP contribution in [0.3, 0.4) is 0 Å². The zero-order valence-electron chi connectivity index (χ0n) is 9.98. The molecular formula is C11H10N4O4. The van der Waals surface area contributed by atoms with Crippen molar-refractivity contribution in [1.82, 2.24) is 19.1 Å². The second kappa shape index (κ2) is 4.84. The maximum absolute atomic E-state index is 11.8. The van der Waals surface area contributed by atoms with Crippen molar-refractivity contribution in [2.45, 2.75) is 6.54 Å². The number of carboxylic acid groups (broad SMARTS) is 1. The van der Waals surface area contributed by atoms with Crippen LogP contribution in [-0.2, 0) is 13.6 Å². The first-order valence-electron chi connectivity index (χ1n) is 5.29. The molecule has 2 heterocycles. The Morgan fingerprint density at radius 1 is 1.42 bits per heavy atom. The number of hydrogen-bond donors (Lipinski definition) is 1. The number of aromatic carboxylic acids is 1. The summed E-state index contributed by atoms with van der Waals surface area (Å²) in [5, 5.41) is 8.99. The molecule has 0 amide bonds. The highest BCUT2D eigenvalue weighted by atomic mass is 16.4. The predicted molar refractivity (Wildman–Crippen MR) is 64.0 cm³/mol. The van der Waals surface area contributed by atoms with Crippen molar-refractivity contribution in [3.63, 3.8) is 0 Å². The fourth-order valence-corrected chi connectivity index (χ4v) is 1.57. The van der Waals surface area contributed by atoms with Crippen LogP contribution in [0.15, 0.2) is 34.4 Å². The summed E-state index contributed by atoms with van der Waals surface area (Å²) in [6.07, 6.45) is 3.64. The van der Waals surface area contributed by atoms with E-state index < -0.39 is 17.2 Å². The highest BCUT2D eigenvalue weighted by molar-refractivity contribution is 5.88. The second-order valence-electron chi connectivity index (χ2n) is 3.82. The molecule has 98 valence electrons. The van der Waals surface area contributed by atoms with E-state index in [4.69, 9.17) is 5.11 Å². The molecule has 0 atom stereocenters. The van der Waals surface area contributed by atoms with Gasteiger partial charge in [-0.1, -0.05) is 0 Å². The molecule has 8 heteroatoms. The molecule has 0 fully saturated rings. The summed E-state index contributed by atoms with van der Waals surface area (Å²) in [7, 11) is 1.50. The Morgan fingerprint density at radius 2 is 2.16 bits per heavy atom. The third-order valence-corrected chi connectivity index (χ3v) is 2.57. The van der Waals surface area contributed by atoms with Gasteiger partial charge in [0.25, 0.3) is 5.56 Å². The third kappa shape index (κ3) is 2.41. The SMILES string of the molecule is Cn1ccc(=O)n(Cc2ncncc2C(=O)O)c1=O. The van der Waals surface area contributed by atoms with Crippen molar-refractivity contribution in [3.05, 3.63) is 56.9 Å². The average molecular weight is 262 g/mol. The quantitative estimate of drug-likeness (QED) is 0.766. The van der Waals surface area contributed by atoms with Crippen molar-refractivity contribution in [2.24, 2.45) is 7.05 Å². The topological polar surface area (TPSA) is 107 Å². The van der Waals surface area contributed by atoms with Crippen LogP contribution in [0.2, 0.25) is 0 Å². The van der Waals surface area contributed by atoms with Gasteiger partial charge in [0.2, 0.25) is 0 Å². The molecule has 0 aliphatic heterocycles. The molecule has 1 N–H and O–H groups in total. The number of nitrogens with zero attached hydrogens (tertiary/aromatic N) is 4. The minimum atomic E-state index is -1.21. The normalized spacial score (nSPS) is 10.4. The first-order valence-corrected chi connectivity index (χ1v) is 5.29. The van der Waals surface area contributed by atoms with Crippen LogP contribution in [-0.4, -0.2) is 30.2 Å². The smallest absolute Gasteiger partial charge is 0.339 e. The van der Waals surface area contributed by atoms with Crippen LogP contribution in [0.25, 0.3) is 0 Å². The van der Waals surface area contributed by atoms with Gasteiger partial charge in [0.05, 0.1) is 12.2 Å². The fourth-order valence-electron chi connectivity index (χ4n) is 1.57. The van der Waals surface area contributed by atoms with Crippen LogP contribution in [0.5, 0.6) is 0 Å². The van der Waals surface area contributed by atoms with Gasteiger partial charge in [0, 0.05) is 25.5 Å². The molecule has 0 aliphatic carbocycles. The lowest BCUT2D eigenvalue weighted by atomic mass is 10.2. The maximum Gasteiger partial charge on any atom is 0.339 e. The number of rotatable bonds is 3. The van der Waals surface area contributed by atoms with Crippen LogP contribution in [0, 0.1) is 0 Å². The lowest BCUT2D eigenvalue weighted by Crippen LogP contribution is -2.38. The summed E-state index contributed by atoms with van der Waals surface area (Å²) in [4.78, 5) is 41.9.